The summed E-state index contributed by atoms with van der Waals surface area (Å²) in [6.45, 7) is 0.312. The van der Waals surface area contributed by atoms with Crippen LogP contribution in [0.1, 0.15) is 28.2 Å². The maximum absolute atomic E-state index is 9.79. The van der Waals surface area contributed by atoms with E-state index in [2.05, 4.69) is 12.1 Å². The number of benzene rings is 3. The minimum atomic E-state index is -0.501. The van der Waals surface area contributed by atoms with Crippen molar-refractivity contribution >= 4 is 11.6 Å². The van der Waals surface area contributed by atoms with Crippen LogP contribution in [0.5, 0.6) is 23.0 Å². The minimum Gasteiger partial charge on any atom is -0.487 e. The van der Waals surface area contributed by atoms with Crippen molar-refractivity contribution in [3.05, 3.63) is 93.3 Å². The predicted octanol–water partition coefficient (Wildman–Crippen LogP) is 4.74. The van der Waals surface area contributed by atoms with Gasteiger partial charge in [-0.25, -0.2) is 0 Å². The highest BCUT2D eigenvalue weighted by molar-refractivity contribution is 6.32. The summed E-state index contributed by atoms with van der Waals surface area (Å²) in [5.74, 6) is 1.60. The molecule has 0 unspecified atom stereocenters. The Kier molecular flexibility index (Phi) is 5.18. The molecule has 0 radical (unpaired) electrons. The lowest BCUT2D eigenvalue weighted by atomic mass is 9.83. The summed E-state index contributed by atoms with van der Waals surface area (Å²) < 4.78 is 22.5. The first-order chi connectivity index (χ1) is 16.1. The molecule has 0 spiro atoms. The number of rotatable bonds is 4. The second kappa shape index (κ2) is 8.31. The average molecular weight is 458 g/mol. The molecule has 2 aliphatic rings. The Morgan fingerprint density at radius 3 is 2.55 bits per heavy atom. The molecule has 0 aromatic heterocycles. The molecule has 2 heterocycles. The van der Waals surface area contributed by atoms with Gasteiger partial charge in [-0.3, -0.25) is 0 Å². The number of allylic oxidation sites excluding steroid dienone is 1. The van der Waals surface area contributed by atoms with Gasteiger partial charge in [0, 0.05) is 17.2 Å². The molecular formula is C25H16ClN3O4. The maximum atomic E-state index is 9.79. The van der Waals surface area contributed by atoms with Crippen molar-refractivity contribution in [2.24, 2.45) is 5.73 Å². The van der Waals surface area contributed by atoms with Crippen LogP contribution >= 0.6 is 11.6 Å². The topological polar surface area (TPSA) is 111 Å². The van der Waals surface area contributed by atoms with Crippen molar-refractivity contribution in [3.8, 4) is 35.1 Å². The van der Waals surface area contributed by atoms with Gasteiger partial charge in [-0.1, -0.05) is 35.9 Å². The van der Waals surface area contributed by atoms with E-state index < -0.39 is 5.92 Å². The van der Waals surface area contributed by atoms with E-state index in [1.165, 1.54) is 0 Å². The summed E-state index contributed by atoms with van der Waals surface area (Å²) in [5.41, 5.74) is 9.10. The third-order valence-electron chi connectivity index (χ3n) is 5.52. The van der Waals surface area contributed by atoms with Gasteiger partial charge in [-0.15, -0.1) is 0 Å². The lowest BCUT2D eigenvalue weighted by molar-refractivity contribution is 0.174. The molecule has 2 aliphatic heterocycles. The first-order valence-electron chi connectivity index (χ1n) is 10.0. The Morgan fingerprint density at radius 2 is 1.79 bits per heavy atom. The van der Waals surface area contributed by atoms with Crippen molar-refractivity contribution < 1.29 is 18.9 Å². The van der Waals surface area contributed by atoms with Gasteiger partial charge in [0.1, 0.15) is 29.7 Å². The fourth-order valence-corrected chi connectivity index (χ4v) is 4.16. The summed E-state index contributed by atoms with van der Waals surface area (Å²) in [6.07, 6.45) is 0. The monoisotopic (exact) mass is 457 g/mol. The van der Waals surface area contributed by atoms with Crippen LogP contribution in [0.25, 0.3) is 0 Å². The van der Waals surface area contributed by atoms with E-state index >= 15 is 0 Å². The van der Waals surface area contributed by atoms with Crippen LogP contribution in [0.15, 0.2) is 66.1 Å². The molecule has 3 aromatic rings. The Morgan fingerprint density at radius 1 is 1.00 bits per heavy atom. The molecule has 0 amide bonds. The Bertz CT molecular complexity index is 1390. The van der Waals surface area contributed by atoms with Crippen LogP contribution in [0.2, 0.25) is 5.02 Å². The molecule has 8 heteroatoms. The molecule has 33 heavy (non-hydrogen) atoms. The number of nitrogens with two attached hydrogens (primary N) is 1. The summed E-state index contributed by atoms with van der Waals surface area (Å²) >= 11 is 6.54. The Labute approximate surface area is 194 Å². The van der Waals surface area contributed by atoms with Gasteiger partial charge < -0.3 is 24.7 Å². The van der Waals surface area contributed by atoms with Crippen molar-refractivity contribution in [1.29, 1.82) is 10.5 Å². The number of hydrogen-bond acceptors (Lipinski definition) is 7. The lowest BCUT2D eigenvalue weighted by Crippen LogP contribution is -2.21. The number of ether oxygens (including phenoxy) is 4. The highest BCUT2D eigenvalue weighted by Crippen LogP contribution is 2.48. The van der Waals surface area contributed by atoms with Crippen molar-refractivity contribution in [2.75, 3.05) is 6.79 Å². The molecule has 0 bridgehead atoms. The molecule has 162 valence electrons. The number of nitriles is 2. The van der Waals surface area contributed by atoms with E-state index in [4.69, 9.17) is 36.3 Å². The number of fused-ring (bicyclic) bond motifs is 2. The van der Waals surface area contributed by atoms with Crippen LogP contribution in [-0.2, 0) is 6.61 Å². The number of hydrogen-bond donors (Lipinski definition) is 1. The van der Waals surface area contributed by atoms with Crippen LogP contribution in [0, 0.1) is 22.7 Å². The van der Waals surface area contributed by atoms with Crippen molar-refractivity contribution in [3.63, 3.8) is 0 Å². The molecular weight excluding hydrogens is 442 g/mol. The minimum absolute atomic E-state index is 0.0263. The summed E-state index contributed by atoms with van der Waals surface area (Å²) in [7, 11) is 0. The fourth-order valence-electron chi connectivity index (χ4n) is 3.91. The SMILES string of the molecule is N#CC1=C(N)Oc2cc3c(cc2[C@@H]1c1ccc(OCc2ccccc2C#N)c(Cl)c1)OCO3. The van der Waals surface area contributed by atoms with E-state index in [9.17, 15) is 10.5 Å². The van der Waals surface area contributed by atoms with Gasteiger partial charge in [0.05, 0.1) is 22.6 Å². The summed E-state index contributed by atoms with van der Waals surface area (Å²) in [4.78, 5) is 0. The highest BCUT2D eigenvalue weighted by Gasteiger charge is 2.33. The molecule has 0 fully saturated rings. The highest BCUT2D eigenvalue weighted by atomic mass is 35.5. The second-order valence-electron chi connectivity index (χ2n) is 7.42. The maximum Gasteiger partial charge on any atom is 0.231 e. The van der Waals surface area contributed by atoms with Gasteiger partial charge >= 0.3 is 0 Å². The van der Waals surface area contributed by atoms with Gasteiger partial charge in [0.15, 0.2) is 11.5 Å². The first-order valence-corrected chi connectivity index (χ1v) is 10.4. The third kappa shape index (κ3) is 3.65. The Hall–Kier alpha value is -4.33. The second-order valence-corrected chi connectivity index (χ2v) is 7.82. The zero-order chi connectivity index (χ0) is 22.9. The molecule has 2 N–H and O–H groups in total. The zero-order valence-electron chi connectivity index (χ0n) is 17.2. The van der Waals surface area contributed by atoms with Gasteiger partial charge in [0.25, 0.3) is 0 Å². The van der Waals surface area contributed by atoms with Crippen molar-refractivity contribution in [1.82, 2.24) is 0 Å². The molecule has 3 aromatic carbocycles. The van der Waals surface area contributed by atoms with Gasteiger partial charge in [-0.2, -0.15) is 10.5 Å². The number of halogens is 1. The zero-order valence-corrected chi connectivity index (χ0v) is 17.9. The van der Waals surface area contributed by atoms with E-state index in [1.54, 1.807) is 36.4 Å². The first kappa shape index (κ1) is 20.6. The van der Waals surface area contributed by atoms with E-state index in [0.717, 1.165) is 16.7 Å². The van der Waals surface area contributed by atoms with Gasteiger partial charge in [-0.05, 0) is 29.8 Å². The van der Waals surface area contributed by atoms with Crippen LogP contribution in [0.3, 0.4) is 0 Å². The fraction of sp³-hybridized carbons (Fsp3) is 0.120. The van der Waals surface area contributed by atoms with Crippen LogP contribution < -0.4 is 24.7 Å². The van der Waals surface area contributed by atoms with Crippen LogP contribution in [0.4, 0.5) is 0 Å². The summed E-state index contributed by atoms with van der Waals surface area (Å²) in [6, 6.07) is 20.3. The molecule has 5 rings (SSSR count). The van der Waals surface area contributed by atoms with E-state index in [-0.39, 0.29) is 24.9 Å². The molecule has 1 atom stereocenters. The van der Waals surface area contributed by atoms with Crippen LogP contribution in [-0.4, -0.2) is 6.79 Å². The lowest BCUT2D eigenvalue weighted by Gasteiger charge is -2.27. The standard InChI is InChI=1S/C25H16ClN3O4/c26-19-7-14(5-6-20(19)30-12-16-4-2-1-3-15(16)10-27)24-17-8-22-23(32-13-31-22)9-21(17)33-25(29)18(24)11-28/h1-9,24H,12-13,29H2/t24-/m0/s1. The molecule has 0 saturated carbocycles. The van der Waals surface area contributed by atoms with E-state index in [0.29, 0.717) is 33.6 Å². The predicted molar refractivity (Wildman–Crippen MR) is 119 cm³/mol. The largest absolute Gasteiger partial charge is 0.487 e. The van der Waals surface area contributed by atoms with Gasteiger partial charge in [0.2, 0.25) is 12.7 Å². The number of nitrogens with zero attached hydrogens (tertiary/aromatic N) is 2. The Balaban J connectivity index is 1.49. The van der Waals surface area contributed by atoms with Crippen molar-refractivity contribution in [2.45, 2.75) is 12.5 Å². The molecule has 0 saturated heterocycles. The normalized spacial score (nSPS) is 15.8. The molecule has 0 aliphatic carbocycles. The molecule has 7 nitrogen and oxygen atoms in total. The third-order valence-corrected chi connectivity index (χ3v) is 5.82. The van der Waals surface area contributed by atoms with E-state index in [1.807, 2.05) is 18.2 Å². The summed E-state index contributed by atoms with van der Waals surface area (Å²) in [5, 5.41) is 19.4. The average Bonchev–Trinajstić information content (AvgIpc) is 3.28. The smallest absolute Gasteiger partial charge is 0.231 e. The quantitative estimate of drug-likeness (QED) is 0.602.